The first kappa shape index (κ1) is 14.6. The van der Waals surface area contributed by atoms with Crippen molar-refractivity contribution in [3.05, 3.63) is 70.2 Å². The molecule has 0 aliphatic carbocycles. The molecule has 104 valence electrons. The van der Waals surface area contributed by atoms with Gasteiger partial charge >= 0.3 is 0 Å². The van der Waals surface area contributed by atoms with Gasteiger partial charge < -0.3 is 4.74 Å². The Morgan fingerprint density at radius 3 is 2.60 bits per heavy atom. The molecule has 0 bridgehead atoms. The largest absolute Gasteiger partial charge is 0.369 e. The van der Waals surface area contributed by atoms with Gasteiger partial charge in [0.2, 0.25) is 0 Å². The highest BCUT2D eigenvalue weighted by atomic mass is 35.5. The van der Waals surface area contributed by atoms with Gasteiger partial charge in [0.15, 0.2) is 17.4 Å². The predicted octanol–water partition coefficient (Wildman–Crippen LogP) is 4.02. The van der Waals surface area contributed by atoms with Gasteiger partial charge in [0.25, 0.3) is 0 Å². The Balaban J connectivity index is 1.90. The topological polar surface area (TPSA) is 26.3 Å². The zero-order valence-electron chi connectivity index (χ0n) is 10.4. The van der Waals surface area contributed by atoms with Crippen LogP contribution in [0.2, 0.25) is 5.02 Å². The Morgan fingerprint density at radius 1 is 1.10 bits per heavy atom. The fourth-order valence-corrected chi connectivity index (χ4v) is 1.85. The van der Waals surface area contributed by atoms with Crippen LogP contribution in [0.25, 0.3) is 0 Å². The van der Waals surface area contributed by atoms with E-state index in [4.69, 9.17) is 16.3 Å². The number of halogens is 3. The van der Waals surface area contributed by atoms with E-state index in [1.165, 1.54) is 6.07 Å². The van der Waals surface area contributed by atoms with Crippen LogP contribution in [0.15, 0.2) is 42.5 Å². The molecule has 0 amide bonds. The first-order valence-electron chi connectivity index (χ1n) is 5.86. The Bertz CT molecular complexity index is 629. The molecular weight excluding hydrogens is 286 g/mol. The second-order valence-electron chi connectivity index (χ2n) is 4.17. The van der Waals surface area contributed by atoms with E-state index in [9.17, 15) is 13.6 Å². The number of ketones is 1. The van der Waals surface area contributed by atoms with E-state index in [-0.39, 0.29) is 18.8 Å². The van der Waals surface area contributed by atoms with E-state index < -0.39 is 17.4 Å². The summed E-state index contributed by atoms with van der Waals surface area (Å²) < 4.78 is 31.0. The zero-order chi connectivity index (χ0) is 14.5. The van der Waals surface area contributed by atoms with Gasteiger partial charge in [-0.25, -0.2) is 8.78 Å². The van der Waals surface area contributed by atoms with Crippen molar-refractivity contribution in [2.45, 2.75) is 6.61 Å². The summed E-state index contributed by atoms with van der Waals surface area (Å²) in [4.78, 5) is 11.7. The van der Waals surface area contributed by atoms with Gasteiger partial charge in [-0.2, -0.15) is 0 Å². The Morgan fingerprint density at radius 2 is 1.90 bits per heavy atom. The fraction of sp³-hybridized carbons (Fsp3) is 0.133. The van der Waals surface area contributed by atoms with E-state index >= 15 is 0 Å². The molecule has 5 heteroatoms. The summed E-state index contributed by atoms with van der Waals surface area (Å²) in [6, 6.07) is 10.1. The maximum absolute atomic E-state index is 13.0. The number of carbonyl (C=O) groups is 1. The Kier molecular flexibility index (Phi) is 4.82. The van der Waals surface area contributed by atoms with E-state index in [1.807, 2.05) is 6.07 Å². The number of hydrogen-bond donors (Lipinski definition) is 0. The van der Waals surface area contributed by atoms with Gasteiger partial charge in [-0.15, -0.1) is 0 Å². The molecule has 0 aliphatic rings. The third-order valence-corrected chi connectivity index (χ3v) is 2.87. The number of hydrogen-bond acceptors (Lipinski definition) is 2. The van der Waals surface area contributed by atoms with Crippen molar-refractivity contribution in [2.24, 2.45) is 0 Å². The van der Waals surface area contributed by atoms with Gasteiger partial charge in [-0.1, -0.05) is 23.7 Å². The minimum atomic E-state index is -1.05. The molecular formula is C15H11ClF2O2. The standard InChI is InChI=1S/C15H11ClF2O2/c16-12-3-1-2-10(6-12)8-20-9-15(19)11-4-5-13(17)14(18)7-11/h1-7H,8-9H2. The average Bonchev–Trinajstić information content (AvgIpc) is 2.42. The monoisotopic (exact) mass is 296 g/mol. The van der Waals surface area contributed by atoms with Gasteiger partial charge in [0, 0.05) is 10.6 Å². The number of benzene rings is 2. The number of ether oxygens (including phenoxy) is 1. The lowest BCUT2D eigenvalue weighted by Crippen LogP contribution is -2.09. The molecule has 2 aromatic carbocycles. The lowest BCUT2D eigenvalue weighted by atomic mass is 10.1. The smallest absolute Gasteiger partial charge is 0.188 e. The predicted molar refractivity (Wildman–Crippen MR) is 71.8 cm³/mol. The van der Waals surface area contributed by atoms with Gasteiger partial charge in [-0.05, 0) is 35.9 Å². The quantitative estimate of drug-likeness (QED) is 0.779. The summed E-state index contributed by atoms with van der Waals surface area (Å²) in [5.74, 6) is -2.45. The van der Waals surface area contributed by atoms with Crippen LogP contribution in [0.3, 0.4) is 0 Å². The molecule has 2 aromatic rings. The highest BCUT2D eigenvalue weighted by molar-refractivity contribution is 6.30. The molecule has 0 heterocycles. The van der Waals surface area contributed by atoms with Gasteiger partial charge in [-0.3, -0.25) is 4.79 Å². The van der Waals surface area contributed by atoms with Crippen LogP contribution in [-0.4, -0.2) is 12.4 Å². The first-order valence-corrected chi connectivity index (χ1v) is 6.24. The zero-order valence-corrected chi connectivity index (χ0v) is 11.2. The molecule has 0 saturated heterocycles. The van der Waals surface area contributed by atoms with Crippen molar-refractivity contribution in [1.82, 2.24) is 0 Å². The molecule has 0 aromatic heterocycles. The second-order valence-corrected chi connectivity index (χ2v) is 4.61. The Labute approximate surface area is 119 Å². The van der Waals surface area contributed by atoms with Crippen LogP contribution in [0.4, 0.5) is 8.78 Å². The van der Waals surface area contributed by atoms with Crippen LogP contribution >= 0.6 is 11.6 Å². The summed E-state index contributed by atoms with van der Waals surface area (Å²) >= 11 is 5.81. The minimum Gasteiger partial charge on any atom is -0.369 e. The number of Topliss-reactive ketones (excluding diaryl/α,β-unsaturated/α-hetero) is 1. The third kappa shape index (κ3) is 3.85. The highest BCUT2D eigenvalue weighted by Crippen LogP contribution is 2.12. The van der Waals surface area contributed by atoms with Crippen molar-refractivity contribution in [1.29, 1.82) is 0 Å². The third-order valence-electron chi connectivity index (χ3n) is 2.63. The normalized spacial score (nSPS) is 10.6. The summed E-state index contributed by atoms with van der Waals surface area (Å²) in [6.07, 6.45) is 0. The van der Waals surface area contributed by atoms with Crippen molar-refractivity contribution >= 4 is 17.4 Å². The van der Waals surface area contributed by atoms with Gasteiger partial charge in [0.05, 0.1) is 6.61 Å². The van der Waals surface area contributed by atoms with Crippen LogP contribution in [0, 0.1) is 11.6 Å². The van der Waals surface area contributed by atoms with Crippen LogP contribution in [0.1, 0.15) is 15.9 Å². The number of rotatable bonds is 5. The highest BCUT2D eigenvalue weighted by Gasteiger charge is 2.10. The lowest BCUT2D eigenvalue weighted by Gasteiger charge is -2.05. The second kappa shape index (κ2) is 6.59. The average molecular weight is 297 g/mol. The minimum absolute atomic E-state index is 0.0787. The molecule has 2 rings (SSSR count). The molecule has 20 heavy (non-hydrogen) atoms. The van der Waals surface area contributed by atoms with E-state index in [2.05, 4.69) is 0 Å². The molecule has 0 unspecified atom stereocenters. The molecule has 0 fully saturated rings. The number of carbonyl (C=O) groups excluding carboxylic acids is 1. The molecule has 0 spiro atoms. The van der Waals surface area contributed by atoms with Crippen LogP contribution < -0.4 is 0 Å². The van der Waals surface area contributed by atoms with Crippen molar-refractivity contribution < 1.29 is 18.3 Å². The molecule has 0 saturated carbocycles. The van der Waals surface area contributed by atoms with Crippen LogP contribution in [0.5, 0.6) is 0 Å². The maximum atomic E-state index is 13.0. The Hall–Kier alpha value is -1.78. The summed E-state index contributed by atoms with van der Waals surface area (Å²) in [5, 5.41) is 0.582. The van der Waals surface area contributed by atoms with Crippen molar-refractivity contribution in [2.75, 3.05) is 6.61 Å². The van der Waals surface area contributed by atoms with E-state index in [0.717, 1.165) is 17.7 Å². The molecule has 0 atom stereocenters. The molecule has 0 radical (unpaired) electrons. The van der Waals surface area contributed by atoms with Crippen LogP contribution in [-0.2, 0) is 11.3 Å². The molecule has 0 aliphatic heterocycles. The molecule has 0 N–H and O–H groups in total. The SMILES string of the molecule is O=C(COCc1cccc(Cl)c1)c1ccc(F)c(F)c1. The van der Waals surface area contributed by atoms with Gasteiger partial charge in [0.1, 0.15) is 6.61 Å². The fourth-order valence-electron chi connectivity index (χ4n) is 1.64. The van der Waals surface area contributed by atoms with Crippen molar-refractivity contribution in [3.63, 3.8) is 0 Å². The summed E-state index contributed by atoms with van der Waals surface area (Å²) in [7, 11) is 0. The lowest BCUT2D eigenvalue weighted by molar-refractivity contribution is 0.0726. The van der Waals surface area contributed by atoms with Crippen molar-refractivity contribution in [3.8, 4) is 0 Å². The maximum Gasteiger partial charge on any atom is 0.188 e. The summed E-state index contributed by atoms with van der Waals surface area (Å²) in [5.41, 5.74) is 0.908. The van der Waals surface area contributed by atoms with E-state index in [0.29, 0.717) is 5.02 Å². The van der Waals surface area contributed by atoms with E-state index in [1.54, 1.807) is 18.2 Å². The summed E-state index contributed by atoms with van der Waals surface area (Å²) in [6.45, 7) is 0.00750. The first-order chi connectivity index (χ1) is 9.56. The molecule has 2 nitrogen and oxygen atoms in total.